The van der Waals surface area contributed by atoms with Gasteiger partial charge in [0.2, 0.25) is 11.8 Å². The summed E-state index contributed by atoms with van der Waals surface area (Å²) < 4.78 is 0. The molecule has 0 saturated carbocycles. The van der Waals surface area contributed by atoms with Gasteiger partial charge in [-0.2, -0.15) is 0 Å². The first kappa shape index (κ1) is 12.5. The lowest BCUT2D eigenvalue weighted by Gasteiger charge is -2.41. The van der Waals surface area contributed by atoms with Gasteiger partial charge in [-0.1, -0.05) is 0 Å². The van der Waals surface area contributed by atoms with Crippen molar-refractivity contribution in [2.24, 2.45) is 5.73 Å². The fourth-order valence-corrected chi connectivity index (χ4v) is 2.64. The molecule has 2 aliphatic heterocycles. The Labute approximate surface area is 101 Å². The number of carbonyl (C=O) groups is 2. The second-order valence-electron chi connectivity index (χ2n) is 4.90. The number of rotatable bonds is 2. The Balaban J connectivity index is 2.11. The van der Waals surface area contributed by atoms with Crippen LogP contribution in [0.15, 0.2) is 0 Å². The van der Waals surface area contributed by atoms with Gasteiger partial charge in [-0.15, -0.1) is 0 Å². The van der Waals surface area contributed by atoms with Gasteiger partial charge in [0.05, 0.1) is 12.5 Å². The van der Waals surface area contributed by atoms with E-state index in [1.54, 1.807) is 7.05 Å². The van der Waals surface area contributed by atoms with E-state index in [9.17, 15) is 9.59 Å². The van der Waals surface area contributed by atoms with Crippen LogP contribution >= 0.6 is 0 Å². The average molecular weight is 240 g/mol. The predicted molar refractivity (Wildman–Crippen MR) is 63.2 cm³/mol. The van der Waals surface area contributed by atoms with E-state index >= 15 is 0 Å². The van der Waals surface area contributed by atoms with E-state index in [1.165, 1.54) is 4.90 Å². The number of amides is 2. The van der Waals surface area contributed by atoms with Gasteiger partial charge in [-0.05, 0) is 7.05 Å². The summed E-state index contributed by atoms with van der Waals surface area (Å²) in [4.78, 5) is 29.0. The number of hydrogen-bond donors (Lipinski definition) is 1. The Bertz CT molecular complexity index is 333. The highest BCUT2D eigenvalue weighted by Crippen LogP contribution is 2.21. The molecule has 0 aromatic rings. The monoisotopic (exact) mass is 240 g/mol. The van der Waals surface area contributed by atoms with Crippen molar-refractivity contribution in [3.8, 4) is 0 Å². The van der Waals surface area contributed by atoms with Crippen LogP contribution in [0.3, 0.4) is 0 Å². The van der Waals surface area contributed by atoms with Gasteiger partial charge in [-0.25, -0.2) is 0 Å². The molecule has 0 bridgehead atoms. The molecular weight excluding hydrogens is 220 g/mol. The van der Waals surface area contributed by atoms with Crippen molar-refractivity contribution in [2.45, 2.75) is 18.5 Å². The number of piperazine rings is 1. The molecule has 6 nitrogen and oxygen atoms in total. The van der Waals surface area contributed by atoms with E-state index in [2.05, 4.69) is 9.80 Å². The van der Waals surface area contributed by atoms with Gasteiger partial charge in [0.25, 0.3) is 0 Å². The molecular formula is C11H20N4O2. The van der Waals surface area contributed by atoms with Crippen LogP contribution in [0, 0.1) is 0 Å². The fraction of sp³-hybridized carbons (Fsp3) is 0.818. The summed E-state index contributed by atoms with van der Waals surface area (Å²) in [6.45, 7) is 3.10. The molecule has 2 aliphatic rings. The highest BCUT2D eigenvalue weighted by atomic mass is 16.2. The third-order valence-electron chi connectivity index (χ3n) is 3.76. The minimum Gasteiger partial charge on any atom is -0.329 e. The first-order valence-electron chi connectivity index (χ1n) is 5.99. The molecule has 6 heteroatoms. The minimum atomic E-state index is -0.297. The molecule has 0 aliphatic carbocycles. The fourth-order valence-electron chi connectivity index (χ4n) is 2.64. The molecule has 2 saturated heterocycles. The van der Waals surface area contributed by atoms with E-state index in [-0.39, 0.29) is 23.9 Å². The van der Waals surface area contributed by atoms with Crippen LogP contribution in [-0.4, -0.2) is 78.9 Å². The topological polar surface area (TPSA) is 69.9 Å². The van der Waals surface area contributed by atoms with Gasteiger partial charge in [0.1, 0.15) is 0 Å². The lowest BCUT2D eigenvalue weighted by atomic mass is 10.1. The molecule has 2 heterocycles. The number of imide groups is 1. The molecule has 2 unspecified atom stereocenters. The van der Waals surface area contributed by atoms with Crippen molar-refractivity contribution in [3.05, 3.63) is 0 Å². The first-order chi connectivity index (χ1) is 8.04. The Kier molecular flexibility index (Phi) is 3.46. The molecule has 0 radical (unpaired) electrons. The summed E-state index contributed by atoms with van der Waals surface area (Å²) in [5.74, 6) is -0.173. The number of hydrogen-bond acceptors (Lipinski definition) is 5. The first-order valence-corrected chi connectivity index (χ1v) is 5.99. The standard InChI is InChI=1S/C11H20N4O2/c1-13-3-4-15(8(6-12)7-13)9-5-10(16)14(2)11(9)17/h8-9H,3-7,12H2,1-2H3. The maximum absolute atomic E-state index is 12.0. The van der Waals surface area contributed by atoms with Crippen molar-refractivity contribution in [1.29, 1.82) is 0 Å². The summed E-state index contributed by atoms with van der Waals surface area (Å²) in [5.41, 5.74) is 5.76. The summed E-state index contributed by atoms with van der Waals surface area (Å²) >= 11 is 0. The van der Waals surface area contributed by atoms with E-state index in [0.717, 1.165) is 19.6 Å². The summed E-state index contributed by atoms with van der Waals surface area (Å²) in [6, 6.07) is -0.128. The maximum atomic E-state index is 12.0. The molecule has 2 atom stereocenters. The van der Waals surface area contributed by atoms with Crippen LogP contribution in [0.25, 0.3) is 0 Å². The highest BCUT2D eigenvalue weighted by Gasteiger charge is 2.42. The number of likely N-dealkylation sites (tertiary alicyclic amines) is 1. The van der Waals surface area contributed by atoms with Crippen LogP contribution < -0.4 is 5.73 Å². The van der Waals surface area contributed by atoms with Crippen LogP contribution in [0.4, 0.5) is 0 Å². The van der Waals surface area contributed by atoms with Gasteiger partial charge in [0.15, 0.2) is 0 Å². The Hall–Kier alpha value is -0.980. The predicted octanol–water partition coefficient (Wildman–Crippen LogP) is -1.68. The van der Waals surface area contributed by atoms with Gasteiger partial charge >= 0.3 is 0 Å². The molecule has 0 aromatic heterocycles. The summed E-state index contributed by atoms with van der Waals surface area (Å²) in [6.07, 6.45) is 0.301. The zero-order chi connectivity index (χ0) is 12.6. The second kappa shape index (κ2) is 4.72. The van der Waals surface area contributed by atoms with Crippen molar-refractivity contribution < 1.29 is 9.59 Å². The molecule has 2 fully saturated rings. The number of nitrogens with zero attached hydrogens (tertiary/aromatic N) is 3. The van der Waals surface area contributed by atoms with Gasteiger partial charge in [-0.3, -0.25) is 19.4 Å². The maximum Gasteiger partial charge on any atom is 0.246 e. The van der Waals surface area contributed by atoms with Gasteiger partial charge < -0.3 is 10.6 Å². The van der Waals surface area contributed by atoms with Crippen molar-refractivity contribution >= 4 is 11.8 Å². The molecule has 2 amide bonds. The second-order valence-corrected chi connectivity index (χ2v) is 4.90. The third-order valence-corrected chi connectivity index (χ3v) is 3.76. The molecule has 96 valence electrons. The van der Waals surface area contributed by atoms with Crippen LogP contribution in [0.2, 0.25) is 0 Å². The van der Waals surface area contributed by atoms with Crippen LogP contribution in [-0.2, 0) is 9.59 Å². The Morgan fingerprint density at radius 3 is 2.53 bits per heavy atom. The Morgan fingerprint density at radius 1 is 1.29 bits per heavy atom. The summed E-state index contributed by atoms with van der Waals surface area (Å²) in [7, 11) is 3.60. The van der Waals surface area contributed by atoms with Crippen LogP contribution in [0.1, 0.15) is 6.42 Å². The lowest BCUT2D eigenvalue weighted by molar-refractivity contribution is -0.138. The van der Waals surface area contributed by atoms with E-state index in [4.69, 9.17) is 5.73 Å². The van der Waals surface area contributed by atoms with E-state index < -0.39 is 0 Å². The van der Waals surface area contributed by atoms with E-state index in [0.29, 0.717) is 13.0 Å². The molecule has 2 N–H and O–H groups in total. The molecule has 17 heavy (non-hydrogen) atoms. The minimum absolute atomic E-state index is 0.0852. The average Bonchev–Trinajstić information content (AvgIpc) is 2.57. The smallest absolute Gasteiger partial charge is 0.246 e. The SMILES string of the molecule is CN1CCN(C2CC(=O)N(C)C2=O)C(CN)C1. The quantitative estimate of drug-likeness (QED) is 0.584. The third kappa shape index (κ3) is 2.20. The van der Waals surface area contributed by atoms with Crippen molar-refractivity contribution in [2.75, 3.05) is 40.3 Å². The number of carbonyl (C=O) groups excluding carboxylic acids is 2. The number of likely N-dealkylation sites (N-methyl/N-ethyl adjacent to an activating group) is 2. The van der Waals surface area contributed by atoms with Crippen molar-refractivity contribution in [3.63, 3.8) is 0 Å². The van der Waals surface area contributed by atoms with E-state index in [1.807, 2.05) is 7.05 Å². The summed E-state index contributed by atoms with van der Waals surface area (Å²) in [5, 5.41) is 0. The zero-order valence-electron chi connectivity index (χ0n) is 10.4. The molecule has 0 aromatic carbocycles. The largest absolute Gasteiger partial charge is 0.329 e. The number of nitrogens with two attached hydrogens (primary N) is 1. The normalized spacial score (nSPS) is 32.5. The van der Waals surface area contributed by atoms with Crippen molar-refractivity contribution in [1.82, 2.24) is 14.7 Å². The highest BCUT2D eigenvalue weighted by molar-refractivity contribution is 6.05. The van der Waals surface area contributed by atoms with Crippen LogP contribution in [0.5, 0.6) is 0 Å². The molecule has 2 rings (SSSR count). The van der Waals surface area contributed by atoms with Gasteiger partial charge in [0, 0.05) is 39.3 Å². The zero-order valence-corrected chi connectivity index (χ0v) is 10.4. The molecule has 0 spiro atoms. The lowest BCUT2D eigenvalue weighted by Crippen LogP contribution is -2.59. The Morgan fingerprint density at radius 2 is 2.00 bits per heavy atom.